The van der Waals surface area contributed by atoms with Crippen LogP contribution in [-0.4, -0.2) is 5.91 Å². The van der Waals surface area contributed by atoms with Gasteiger partial charge in [-0.25, -0.2) is 0 Å². The Morgan fingerprint density at radius 2 is 1.40 bits per heavy atom. The second kappa shape index (κ2) is 8.96. The Morgan fingerprint density at radius 3 is 2.15 bits per heavy atom. The van der Waals surface area contributed by atoms with Crippen LogP contribution in [0.2, 0.25) is 0 Å². The van der Waals surface area contributed by atoms with Gasteiger partial charge < -0.3 is 10.6 Å². The van der Waals surface area contributed by atoms with Gasteiger partial charge in [-0.1, -0.05) is 42.5 Å². The first-order valence-corrected chi connectivity index (χ1v) is 16.0. The minimum atomic E-state index is 0.00932. The molecule has 10 rings (SSSR count). The molecule has 3 aromatic carbocycles. The molecule has 6 fully saturated rings. The van der Waals surface area contributed by atoms with Gasteiger partial charge in [0.2, 0.25) is 0 Å². The summed E-state index contributed by atoms with van der Waals surface area (Å²) in [5.74, 6) is 7.22. The Bertz CT molecular complexity index is 1420. The predicted molar refractivity (Wildman–Crippen MR) is 160 cm³/mol. The molecule has 0 unspecified atom stereocenters. The molecule has 204 valence electrons. The third-order valence-electron chi connectivity index (χ3n) is 12.3. The van der Waals surface area contributed by atoms with E-state index >= 15 is 0 Å². The molecule has 3 nitrogen and oxygen atoms in total. The lowest BCUT2D eigenvalue weighted by atomic mass is 9.51. The molecule has 2 N–H and O–H groups in total. The number of hydrogen-bond acceptors (Lipinski definition) is 2. The summed E-state index contributed by atoms with van der Waals surface area (Å²) in [5.41, 5.74) is 7.19. The van der Waals surface area contributed by atoms with Crippen molar-refractivity contribution < 1.29 is 4.79 Å². The highest BCUT2D eigenvalue weighted by Gasteiger charge is 2.54. The molecule has 6 bridgehead atoms. The van der Waals surface area contributed by atoms with Crippen molar-refractivity contribution >= 4 is 17.3 Å². The molecular weight excluding hydrogens is 488 g/mol. The highest BCUT2D eigenvalue weighted by molar-refractivity contribution is 6.04. The molecule has 0 aromatic heterocycles. The van der Waals surface area contributed by atoms with E-state index in [-0.39, 0.29) is 5.91 Å². The largest absolute Gasteiger partial charge is 0.378 e. The maximum atomic E-state index is 13.5. The smallest absolute Gasteiger partial charge is 0.255 e. The molecule has 1 heterocycles. The van der Waals surface area contributed by atoms with Crippen LogP contribution in [0.4, 0.5) is 11.4 Å². The number of nitrogens with one attached hydrogen (secondary N) is 2. The van der Waals surface area contributed by atoms with E-state index in [0.29, 0.717) is 17.9 Å². The monoisotopic (exact) mass is 528 g/mol. The number of carbonyl (C=O) groups excluding carboxylic acids is 1. The van der Waals surface area contributed by atoms with Gasteiger partial charge in [0.15, 0.2) is 0 Å². The van der Waals surface area contributed by atoms with E-state index in [9.17, 15) is 4.79 Å². The van der Waals surface area contributed by atoms with E-state index in [4.69, 9.17) is 0 Å². The Balaban J connectivity index is 0.956. The Labute approximate surface area is 238 Å². The van der Waals surface area contributed by atoms with Crippen molar-refractivity contribution in [3.05, 3.63) is 95.1 Å². The number of fused-ring (bicyclic) bond motifs is 7. The highest BCUT2D eigenvalue weighted by atomic mass is 16.1. The summed E-state index contributed by atoms with van der Waals surface area (Å²) in [4.78, 5) is 13.5. The van der Waals surface area contributed by atoms with Crippen LogP contribution < -0.4 is 10.6 Å². The van der Waals surface area contributed by atoms with Gasteiger partial charge in [0.1, 0.15) is 0 Å². The molecule has 0 radical (unpaired) electrons. The quantitative estimate of drug-likeness (QED) is 0.355. The molecular formula is C37H40N2O. The maximum absolute atomic E-state index is 13.5. The van der Waals surface area contributed by atoms with Crippen LogP contribution in [0.25, 0.3) is 0 Å². The number of amides is 1. The minimum Gasteiger partial charge on any atom is -0.378 e. The van der Waals surface area contributed by atoms with Crippen LogP contribution in [0.5, 0.6) is 0 Å². The van der Waals surface area contributed by atoms with Crippen LogP contribution in [-0.2, 0) is 0 Å². The van der Waals surface area contributed by atoms with Gasteiger partial charge in [-0.05, 0) is 152 Å². The first-order chi connectivity index (χ1) is 19.7. The van der Waals surface area contributed by atoms with Gasteiger partial charge in [0.05, 0.1) is 6.04 Å². The summed E-state index contributed by atoms with van der Waals surface area (Å²) in [6.45, 7) is 0. The maximum Gasteiger partial charge on any atom is 0.255 e. The van der Waals surface area contributed by atoms with E-state index in [0.717, 1.165) is 52.7 Å². The third kappa shape index (κ3) is 3.65. The Kier molecular flexibility index (Phi) is 5.29. The minimum absolute atomic E-state index is 0.00932. The molecule has 3 aromatic rings. The van der Waals surface area contributed by atoms with E-state index < -0.39 is 0 Å². The van der Waals surface area contributed by atoms with E-state index in [1.165, 1.54) is 73.7 Å². The zero-order valence-electron chi connectivity index (χ0n) is 23.3. The average Bonchev–Trinajstić information content (AvgIpc) is 3.60. The lowest BCUT2D eigenvalue weighted by Gasteiger charge is -2.54. The van der Waals surface area contributed by atoms with Crippen molar-refractivity contribution in [1.82, 2.24) is 0 Å². The standard InChI is InChI=1S/C37H40N2O/c40-37(38-30-11-8-23(9-12-30)33-28-15-21-14-22(17-28)18-29(33)16-21)27-10-13-32-31(20-27)34-25-6-7-26(19-25)35(34)36(39-32)24-4-2-1-3-5-24/h1-5,8-13,20-22,25-26,28-29,33-36,39H,6-7,14-19H2,(H,38,40)/t21?,22?,25-,26-,28?,29?,33?,34-,35-,36-/m0/s1. The average molecular weight is 529 g/mol. The fourth-order valence-corrected chi connectivity index (χ4v) is 11.1. The normalized spacial score (nSPS) is 38.0. The topological polar surface area (TPSA) is 41.1 Å². The lowest BCUT2D eigenvalue weighted by molar-refractivity contribution is -0.00277. The second-order valence-corrected chi connectivity index (χ2v) is 14.3. The lowest BCUT2D eigenvalue weighted by Crippen LogP contribution is -2.43. The summed E-state index contributed by atoms with van der Waals surface area (Å²) in [6, 6.07) is 26.7. The first-order valence-electron chi connectivity index (χ1n) is 16.0. The number of hydrogen-bond donors (Lipinski definition) is 2. The van der Waals surface area contributed by atoms with Gasteiger partial charge in [-0.2, -0.15) is 0 Å². The third-order valence-corrected chi connectivity index (χ3v) is 12.3. The predicted octanol–water partition coefficient (Wildman–Crippen LogP) is 8.78. The number of rotatable bonds is 4. The highest BCUT2D eigenvalue weighted by Crippen LogP contribution is 2.64. The molecule has 7 aliphatic rings. The van der Waals surface area contributed by atoms with Gasteiger partial charge >= 0.3 is 0 Å². The van der Waals surface area contributed by atoms with Crippen molar-refractivity contribution in [2.45, 2.75) is 69.2 Å². The van der Waals surface area contributed by atoms with E-state index in [2.05, 4.69) is 77.4 Å². The number of carbonyl (C=O) groups is 1. The molecule has 0 saturated heterocycles. The summed E-state index contributed by atoms with van der Waals surface area (Å²) in [7, 11) is 0. The molecule has 6 aliphatic carbocycles. The van der Waals surface area contributed by atoms with Gasteiger partial charge in [-0.15, -0.1) is 0 Å². The zero-order chi connectivity index (χ0) is 26.4. The van der Waals surface area contributed by atoms with E-state index in [1.54, 1.807) is 0 Å². The van der Waals surface area contributed by atoms with Crippen LogP contribution >= 0.6 is 0 Å². The summed E-state index contributed by atoms with van der Waals surface area (Å²) >= 11 is 0. The van der Waals surface area contributed by atoms with Gasteiger partial charge in [0, 0.05) is 16.9 Å². The summed E-state index contributed by atoms with van der Waals surface area (Å²) < 4.78 is 0. The van der Waals surface area contributed by atoms with E-state index in [1.807, 2.05) is 6.07 Å². The van der Waals surface area contributed by atoms with Crippen molar-refractivity contribution in [1.29, 1.82) is 0 Å². The van der Waals surface area contributed by atoms with Crippen molar-refractivity contribution in [2.24, 2.45) is 41.4 Å². The summed E-state index contributed by atoms with van der Waals surface area (Å²) in [5, 5.41) is 7.14. The SMILES string of the molecule is O=C(Nc1ccc(C2C3CC4CC(C3)CC2C4)cc1)c1ccc2c(c1)[C@@H]1[C@H]3CC[C@@H](C3)[C@@H]1[C@H](c1ccccc1)N2. The molecule has 40 heavy (non-hydrogen) atoms. The van der Waals surface area contributed by atoms with Gasteiger partial charge in [0.25, 0.3) is 5.91 Å². The second-order valence-electron chi connectivity index (χ2n) is 14.3. The fourth-order valence-electron chi connectivity index (χ4n) is 11.1. The van der Waals surface area contributed by atoms with Crippen LogP contribution in [0, 0.1) is 41.4 Å². The molecule has 1 amide bonds. The van der Waals surface area contributed by atoms with Crippen LogP contribution in [0.15, 0.2) is 72.8 Å². The van der Waals surface area contributed by atoms with Crippen molar-refractivity contribution in [3.8, 4) is 0 Å². The van der Waals surface area contributed by atoms with Crippen molar-refractivity contribution in [2.75, 3.05) is 10.6 Å². The fraction of sp³-hybridized carbons (Fsp3) is 0.486. The first kappa shape index (κ1) is 23.6. The van der Waals surface area contributed by atoms with Crippen molar-refractivity contribution in [3.63, 3.8) is 0 Å². The molecule has 1 aliphatic heterocycles. The summed E-state index contributed by atoms with van der Waals surface area (Å²) in [6.07, 6.45) is 11.3. The van der Waals surface area contributed by atoms with Crippen LogP contribution in [0.3, 0.4) is 0 Å². The number of anilines is 2. The van der Waals surface area contributed by atoms with Gasteiger partial charge in [-0.3, -0.25) is 4.79 Å². The molecule has 6 saturated carbocycles. The Morgan fingerprint density at radius 1 is 0.675 bits per heavy atom. The molecule has 5 atom stereocenters. The number of benzene rings is 3. The van der Waals surface area contributed by atoms with Crippen LogP contribution in [0.1, 0.15) is 96.3 Å². The zero-order valence-corrected chi connectivity index (χ0v) is 23.3. The molecule has 0 spiro atoms. The Hall–Kier alpha value is -3.07. The molecule has 3 heteroatoms.